The number of anilines is 1. The molecule has 154 valence electrons. The summed E-state index contributed by atoms with van der Waals surface area (Å²) in [7, 11) is 0. The van der Waals surface area contributed by atoms with E-state index in [1.807, 2.05) is 6.07 Å². The van der Waals surface area contributed by atoms with Crippen molar-refractivity contribution in [3.05, 3.63) is 64.1 Å². The molecule has 1 N–H and O–H groups in total. The summed E-state index contributed by atoms with van der Waals surface area (Å²) in [6.45, 7) is 1.94. The van der Waals surface area contributed by atoms with Crippen molar-refractivity contribution in [1.82, 2.24) is 10.2 Å². The van der Waals surface area contributed by atoms with Gasteiger partial charge in [0.05, 0.1) is 6.54 Å². The average Bonchev–Trinajstić information content (AvgIpc) is 3.25. The van der Waals surface area contributed by atoms with E-state index in [9.17, 15) is 19.2 Å². The number of carbonyl (C=O) groups excluding carboxylic acids is 4. The van der Waals surface area contributed by atoms with Gasteiger partial charge in [-0.1, -0.05) is 34.1 Å². The zero-order chi connectivity index (χ0) is 21.5. The number of nitrogens with zero attached hydrogens (tertiary/aromatic N) is 2. The number of rotatable bonds is 5. The monoisotopic (exact) mass is 469 g/mol. The fourth-order valence-corrected chi connectivity index (χ4v) is 4.55. The number of Topliss-reactive ketones (excluding diaryl/α,β-unsaturated/α-hetero) is 1. The molecule has 7 nitrogen and oxygen atoms in total. The molecule has 0 saturated carbocycles. The van der Waals surface area contributed by atoms with Crippen molar-refractivity contribution in [3.8, 4) is 0 Å². The molecule has 4 rings (SSSR count). The van der Waals surface area contributed by atoms with Crippen LogP contribution in [0.4, 0.5) is 10.5 Å². The third-order valence-electron chi connectivity index (χ3n) is 5.56. The van der Waals surface area contributed by atoms with Crippen LogP contribution in [0.5, 0.6) is 0 Å². The van der Waals surface area contributed by atoms with Gasteiger partial charge in [0.1, 0.15) is 5.54 Å². The van der Waals surface area contributed by atoms with Gasteiger partial charge in [-0.15, -0.1) is 0 Å². The van der Waals surface area contributed by atoms with Crippen LogP contribution in [-0.2, 0) is 15.1 Å². The first-order chi connectivity index (χ1) is 14.3. The van der Waals surface area contributed by atoms with Gasteiger partial charge in [0.15, 0.2) is 5.78 Å². The number of benzene rings is 2. The predicted molar refractivity (Wildman–Crippen MR) is 114 cm³/mol. The Kier molecular flexibility index (Phi) is 5.19. The van der Waals surface area contributed by atoms with Gasteiger partial charge in [-0.05, 0) is 43.7 Å². The van der Waals surface area contributed by atoms with Gasteiger partial charge in [0, 0.05) is 34.3 Å². The molecule has 2 aromatic rings. The van der Waals surface area contributed by atoms with E-state index in [1.165, 1.54) is 0 Å². The van der Waals surface area contributed by atoms with Crippen molar-refractivity contribution >= 4 is 45.2 Å². The van der Waals surface area contributed by atoms with Crippen molar-refractivity contribution in [2.24, 2.45) is 0 Å². The maximum atomic E-state index is 13.0. The molecule has 8 heteroatoms. The number of nitrogens with one attached hydrogen (secondary N) is 1. The Morgan fingerprint density at radius 2 is 1.80 bits per heavy atom. The second-order valence-corrected chi connectivity index (χ2v) is 8.40. The molecule has 0 spiro atoms. The lowest BCUT2D eigenvalue weighted by molar-refractivity contribution is -0.130. The molecule has 0 radical (unpaired) electrons. The summed E-state index contributed by atoms with van der Waals surface area (Å²) < 4.78 is 0.696. The molecule has 30 heavy (non-hydrogen) atoms. The first-order valence-electron chi connectivity index (χ1n) is 9.64. The molecule has 2 heterocycles. The molecule has 0 aromatic heterocycles. The minimum Gasteiger partial charge on any atom is -0.319 e. The lowest BCUT2D eigenvalue weighted by Gasteiger charge is -2.23. The predicted octanol–water partition coefficient (Wildman–Crippen LogP) is 3.23. The first kappa shape index (κ1) is 20.3. The van der Waals surface area contributed by atoms with E-state index in [0.29, 0.717) is 28.6 Å². The quantitative estimate of drug-likeness (QED) is 0.537. The molecule has 2 fully saturated rings. The number of amides is 4. The minimum absolute atomic E-state index is 0.0692. The second kappa shape index (κ2) is 7.68. The Labute approximate surface area is 182 Å². The third kappa shape index (κ3) is 3.41. The highest BCUT2D eigenvalue weighted by atomic mass is 79.9. The molecule has 1 unspecified atom stereocenters. The van der Waals surface area contributed by atoms with Gasteiger partial charge >= 0.3 is 6.03 Å². The Morgan fingerprint density at radius 3 is 2.43 bits per heavy atom. The van der Waals surface area contributed by atoms with E-state index >= 15 is 0 Å². The molecule has 0 bridgehead atoms. The lowest BCUT2D eigenvalue weighted by atomic mass is 9.92. The Bertz CT molecular complexity index is 1050. The molecule has 4 amide bonds. The highest BCUT2D eigenvalue weighted by Crippen LogP contribution is 2.33. The van der Waals surface area contributed by atoms with Gasteiger partial charge in [-0.2, -0.15) is 0 Å². The summed E-state index contributed by atoms with van der Waals surface area (Å²) >= 11 is 3.42. The van der Waals surface area contributed by atoms with Crippen LogP contribution in [0.25, 0.3) is 0 Å². The van der Waals surface area contributed by atoms with Crippen molar-refractivity contribution in [1.29, 1.82) is 0 Å². The van der Waals surface area contributed by atoms with E-state index in [0.717, 1.165) is 17.0 Å². The maximum absolute atomic E-state index is 13.0. The van der Waals surface area contributed by atoms with E-state index in [1.54, 1.807) is 54.3 Å². The van der Waals surface area contributed by atoms with Gasteiger partial charge in [-0.3, -0.25) is 19.3 Å². The average molecular weight is 470 g/mol. The van der Waals surface area contributed by atoms with Crippen LogP contribution >= 0.6 is 15.9 Å². The summed E-state index contributed by atoms with van der Waals surface area (Å²) in [6, 6.07) is 13.2. The van der Waals surface area contributed by atoms with Crippen LogP contribution in [-0.4, -0.2) is 41.6 Å². The number of carbonyl (C=O) groups is 4. The van der Waals surface area contributed by atoms with E-state index < -0.39 is 17.5 Å². The van der Waals surface area contributed by atoms with E-state index in [-0.39, 0.29) is 18.2 Å². The highest BCUT2D eigenvalue weighted by Gasteiger charge is 2.50. The first-order valence-corrected chi connectivity index (χ1v) is 10.4. The molecule has 2 aliphatic heterocycles. The molecule has 2 aliphatic rings. The van der Waals surface area contributed by atoms with Crippen LogP contribution < -0.4 is 10.2 Å². The van der Waals surface area contributed by atoms with E-state index in [4.69, 9.17) is 0 Å². The number of halogens is 1. The second-order valence-electron chi connectivity index (χ2n) is 7.55. The smallest absolute Gasteiger partial charge is 0.319 e. The largest absolute Gasteiger partial charge is 0.325 e. The molecular formula is C22H20BrN3O4. The lowest BCUT2D eigenvalue weighted by Crippen LogP contribution is -2.41. The van der Waals surface area contributed by atoms with Crippen LogP contribution in [0.2, 0.25) is 0 Å². The van der Waals surface area contributed by atoms with Crippen molar-refractivity contribution in [2.75, 3.05) is 18.0 Å². The molecular weight excluding hydrogens is 450 g/mol. The highest BCUT2D eigenvalue weighted by molar-refractivity contribution is 9.10. The zero-order valence-electron chi connectivity index (χ0n) is 16.4. The van der Waals surface area contributed by atoms with Crippen molar-refractivity contribution in [3.63, 3.8) is 0 Å². The van der Waals surface area contributed by atoms with Gasteiger partial charge in [0.25, 0.3) is 5.91 Å². The Hall–Kier alpha value is -3.00. The number of hydrogen-bond acceptors (Lipinski definition) is 4. The van der Waals surface area contributed by atoms with E-state index in [2.05, 4.69) is 21.2 Å². The SMILES string of the molecule is CC1(c2ccccc2Br)NC(=O)N(CC(=O)c2ccc(N3CCCC3=O)cc2)C1=O. The van der Waals surface area contributed by atoms with Crippen LogP contribution in [0.1, 0.15) is 35.7 Å². The molecule has 2 aromatic carbocycles. The van der Waals surface area contributed by atoms with Gasteiger partial charge in [-0.25, -0.2) is 4.79 Å². The third-order valence-corrected chi connectivity index (χ3v) is 6.26. The maximum Gasteiger partial charge on any atom is 0.325 e. The summed E-state index contributed by atoms with van der Waals surface area (Å²) in [4.78, 5) is 52.8. The number of hydrogen-bond donors (Lipinski definition) is 1. The number of ketones is 1. The van der Waals surface area contributed by atoms with Gasteiger partial charge < -0.3 is 10.2 Å². The minimum atomic E-state index is -1.25. The zero-order valence-corrected chi connectivity index (χ0v) is 17.9. The van der Waals surface area contributed by atoms with Crippen molar-refractivity contribution < 1.29 is 19.2 Å². The fraction of sp³-hybridized carbons (Fsp3) is 0.273. The topological polar surface area (TPSA) is 86.8 Å². The summed E-state index contributed by atoms with van der Waals surface area (Å²) in [5.74, 6) is -0.763. The molecule has 0 aliphatic carbocycles. The van der Waals surface area contributed by atoms with Crippen LogP contribution in [0.15, 0.2) is 53.0 Å². The summed E-state index contributed by atoms with van der Waals surface area (Å²) in [5, 5.41) is 2.71. The van der Waals surface area contributed by atoms with Crippen LogP contribution in [0.3, 0.4) is 0 Å². The molecule has 1 atom stereocenters. The number of urea groups is 1. The van der Waals surface area contributed by atoms with Gasteiger partial charge in [0.2, 0.25) is 5.91 Å². The fourth-order valence-electron chi connectivity index (χ4n) is 3.87. The summed E-state index contributed by atoms with van der Waals surface area (Å²) in [5.41, 5.74) is 0.487. The van der Waals surface area contributed by atoms with Crippen LogP contribution in [0, 0.1) is 0 Å². The van der Waals surface area contributed by atoms with Crippen molar-refractivity contribution in [2.45, 2.75) is 25.3 Å². The normalized spacial score (nSPS) is 21.3. The Morgan fingerprint density at radius 1 is 1.10 bits per heavy atom. The molecule has 2 saturated heterocycles. The Balaban J connectivity index is 1.51. The summed E-state index contributed by atoms with van der Waals surface area (Å²) in [6.07, 6.45) is 1.35. The number of imide groups is 1. The standard InChI is InChI=1S/C22H20BrN3O4/c1-22(16-5-2-3-6-17(16)23)20(29)26(21(30)24-22)13-18(27)14-8-10-15(11-9-14)25-12-4-7-19(25)28/h2-3,5-6,8-11H,4,7,12-13H2,1H3,(H,24,30).